The molecule has 2 unspecified atom stereocenters. The van der Waals surface area contributed by atoms with Crippen molar-refractivity contribution in [2.24, 2.45) is 5.92 Å². The topological polar surface area (TPSA) is 46.5 Å². The molecule has 2 atom stereocenters. The molecule has 0 saturated heterocycles. The summed E-state index contributed by atoms with van der Waals surface area (Å²) < 4.78 is 18.9. The monoisotopic (exact) mass is 266 g/mol. The van der Waals surface area contributed by atoms with Crippen LogP contribution in [0.2, 0.25) is 0 Å². The fourth-order valence-corrected chi connectivity index (χ4v) is 2.63. The van der Waals surface area contributed by atoms with Crippen LogP contribution in [0, 0.1) is 11.7 Å². The van der Waals surface area contributed by atoms with Crippen molar-refractivity contribution >= 4 is 5.97 Å². The van der Waals surface area contributed by atoms with Gasteiger partial charge in [0.1, 0.15) is 5.82 Å². The summed E-state index contributed by atoms with van der Waals surface area (Å²) in [5.41, 5.74) is 0.524. The Morgan fingerprint density at radius 2 is 2.26 bits per heavy atom. The van der Waals surface area contributed by atoms with Gasteiger partial charge in [0.2, 0.25) is 0 Å². The Hall–Kier alpha value is -1.42. The minimum absolute atomic E-state index is 0.116. The van der Waals surface area contributed by atoms with Crippen molar-refractivity contribution < 1.29 is 19.0 Å². The van der Waals surface area contributed by atoms with Crippen molar-refractivity contribution in [2.45, 2.75) is 45.3 Å². The van der Waals surface area contributed by atoms with Crippen LogP contribution in [0.15, 0.2) is 18.2 Å². The highest BCUT2D eigenvalue weighted by molar-refractivity contribution is 5.89. The molecule has 2 rings (SSSR count). The van der Waals surface area contributed by atoms with Crippen molar-refractivity contribution in [3.63, 3.8) is 0 Å². The third kappa shape index (κ3) is 3.77. The molecule has 0 bridgehead atoms. The van der Waals surface area contributed by atoms with Crippen LogP contribution in [0.25, 0.3) is 0 Å². The summed E-state index contributed by atoms with van der Waals surface area (Å²) in [5, 5.41) is 9.06. The van der Waals surface area contributed by atoms with Crippen LogP contribution in [-0.2, 0) is 11.3 Å². The fourth-order valence-electron chi connectivity index (χ4n) is 2.63. The summed E-state index contributed by atoms with van der Waals surface area (Å²) in [7, 11) is 0. The highest BCUT2D eigenvalue weighted by Gasteiger charge is 2.20. The summed E-state index contributed by atoms with van der Waals surface area (Å²) >= 11 is 0. The number of benzene rings is 1. The van der Waals surface area contributed by atoms with Gasteiger partial charge in [-0.1, -0.05) is 19.8 Å². The number of carboxylic acids is 1. The summed E-state index contributed by atoms with van der Waals surface area (Å²) in [6, 6.07) is 3.70. The van der Waals surface area contributed by atoms with E-state index in [1.165, 1.54) is 18.6 Å². The van der Waals surface area contributed by atoms with E-state index >= 15 is 0 Å². The van der Waals surface area contributed by atoms with E-state index in [9.17, 15) is 9.18 Å². The van der Waals surface area contributed by atoms with E-state index in [1.54, 1.807) is 0 Å². The Kier molecular flexibility index (Phi) is 4.53. The van der Waals surface area contributed by atoms with Gasteiger partial charge >= 0.3 is 5.97 Å². The maximum Gasteiger partial charge on any atom is 0.336 e. The zero-order chi connectivity index (χ0) is 13.8. The third-order valence-corrected chi connectivity index (χ3v) is 3.66. The van der Waals surface area contributed by atoms with Crippen LogP contribution >= 0.6 is 0 Å². The first-order chi connectivity index (χ1) is 9.06. The van der Waals surface area contributed by atoms with Crippen LogP contribution < -0.4 is 0 Å². The minimum atomic E-state index is -1.05. The van der Waals surface area contributed by atoms with Gasteiger partial charge in [0, 0.05) is 0 Å². The first-order valence-electron chi connectivity index (χ1n) is 6.69. The number of hydrogen-bond donors (Lipinski definition) is 1. The second-order valence-corrected chi connectivity index (χ2v) is 5.31. The lowest BCUT2D eigenvalue weighted by molar-refractivity contribution is 0.00404. The van der Waals surface area contributed by atoms with Gasteiger partial charge in [-0.25, -0.2) is 9.18 Å². The first-order valence-corrected chi connectivity index (χ1v) is 6.69. The zero-order valence-electron chi connectivity index (χ0n) is 11.1. The number of rotatable bonds is 4. The normalized spacial score (nSPS) is 23.3. The third-order valence-electron chi connectivity index (χ3n) is 3.66. The van der Waals surface area contributed by atoms with E-state index in [1.807, 2.05) is 0 Å². The van der Waals surface area contributed by atoms with Gasteiger partial charge in [0.05, 0.1) is 18.3 Å². The predicted octanol–water partition coefficient (Wildman–Crippen LogP) is 3.62. The van der Waals surface area contributed by atoms with Crippen molar-refractivity contribution in [2.75, 3.05) is 0 Å². The van der Waals surface area contributed by atoms with E-state index in [-0.39, 0.29) is 18.3 Å². The van der Waals surface area contributed by atoms with E-state index in [0.717, 1.165) is 25.3 Å². The molecule has 1 aliphatic rings. The molecule has 0 spiro atoms. The Bertz CT molecular complexity index is 459. The highest BCUT2D eigenvalue weighted by atomic mass is 19.1. The molecule has 0 heterocycles. The number of aromatic carboxylic acids is 1. The molecule has 3 nitrogen and oxygen atoms in total. The molecule has 1 N–H and O–H groups in total. The standard InChI is InChI=1S/C15H19FO3/c1-10-3-2-4-13(7-10)19-9-11-8-12(16)5-6-14(11)15(17)18/h5-6,8,10,13H,2-4,7,9H2,1H3,(H,17,18). The molecule has 0 aromatic heterocycles. The van der Waals surface area contributed by atoms with Crippen LogP contribution in [0.5, 0.6) is 0 Å². The van der Waals surface area contributed by atoms with Crippen LogP contribution in [0.1, 0.15) is 48.5 Å². The molecular weight excluding hydrogens is 247 g/mol. The fraction of sp³-hybridized carbons (Fsp3) is 0.533. The van der Waals surface area contributed by atoms with E-state index in [4.69, 9.17) is 9.84 Å². The van der Waals surface area contributed by atoms with Crippen molar-refractivity contribution in [1.29, 1.82) is 0 Å². The number of carboxylic acid groups (broad SMARTS) is 1. The van der Waals surface area contributed by atoms with Gasteiger partial charge in [-0.2, -0.15) is 0 Å². The Balaban J connectivity index is 2.02. The second kappa shape index (κ2) is 6.15. The average molecular weight is 266 g/mol. The SMILES string of the molecule is CC1CCCC(OCc2cc(F)ccc2C(=O)O)C1. The van der Waals surface area contributed by atoms with E-state index in [2.05, 4.69) is 6.92 Å². The summed E-state index contributed by atoms with van der Waals surface area (Å²) in [5.74, 6) is -0.832. The molecule has 1 aliphatic carbocycles. The van der Waals surface area contributed by atoms with Gasteiger partial charge in [-0.05, 0) is 42.5 Å². The van der Waals surface area contributed by atoms with Gasteiger partial charge in [-0.3, -0.25) is 0 Å². The molecule has 0 radical (unpaired) electrons. The Morgan fingerprint density at radius 3 is 2.95 bits per heavy atom. The predicted molar refractivity (Wildman–Crippen MR) is 69.6 cm³/mol. The van der Waals surface area contributed by atoms with Crippen molar-refractivity contribution in [1.82, 2.24) is 0 Å². The largest absolute Gasteiger partial charge is 0.478 e. The lowest BCUT2D eigenvalue weighted by Crippen LogP contribution is -2.21. The Morgan fingerprint density at radius 1 is 1.47 bits per heavy atom. The summed E-state index contributed by atoms with van der Waals surface area (Å²) in [4.78, 5) is 11.1. The smallest absolute Gasteiger partial charge is 0.336 e. The minimum Gasteiger partial charge on any atom is -0.478 e. The van der Waals surface area contributed by atoms with Gasteiger partial charge in [-0.15, -0.1) is 0 Å². The number of hydrogen-bond acceptors (Lipinski definition) is 2. The zero-order valence-corrected chi connectivity index (χ0v) is 11.1. The maximum atomic E-state index is 13.2. The maximum absolute atomic E-state index is 13.2. The average Bonchev–Trinajstić information content (AvgIpc) is 2.36. The molecular formula is C15H19FO3. The molecule has 104 valence electrons. The number of ether oxygens (including phenoxy) is 1. The van der Waals surface area contributed by atoms with Crippen molar-refractivity contribution in [3.8, 4) is 0 Å². The van der Waals surface area contributed by atoms with Gasteiger partial charge in [0.25, 0.3) is 0 Å². The summed E-state index contributed by atoms with van der Waals surface area (Å²) in [6.07, 6.45) is 4.52. The molecule has 19 heavy (non-hydrogen) atoms. The molecule has 1 saturated carbocycles. The van der Waals surface area contributed by atoms with Crippen LogP contribution in [0.4, 0.5) is 4.39 Å². The van der Waals surface area contributed by atoms with E-state index in [0.29, 0.717) is 11.5 Å². The van der Waals surface area contributed by atoms with Gasteiger partial charge < -0.3 is 9.84 Å². The first kappa shape index (κ1) is 14.0. The molecule has 1 fully saturated rings. The Labute approximate surface area is 112 Å². The quantitative estimate of drug-likeness (QED) is 0.905. The number of carbonyl (C=O) groups is 1. The van der Waals surface area contributed by atoms with Crippen LogP contribution in [0.3, 0.4) is 0 Å². The highest BCUT2D eigenvalue weighted by Crippen LogP contribution is 2.26. The van der Waals surface area contributed by atoms with Crippen LogP contribution in [-0.4, -0.2) is 17.2 Å². The summed E-state index contributed by atoms with van der Waals surface area (Å²) in [6.45, 7) is 2.36. The lowest BCUT2D eigenvalue weighted by atomic mass is 9.89. The van der Waals surface area contributed by atoms with E-state index < -0.39 is 11.8 Å². The van der Waals surface area contributed by atoms with Crippen molar-refractivity contribution in [3.05, 3.63) is 35.1 Å². The second-order valence-electron chi connectivity index (χ2n) is 5.31. The molecule has 4 heteroatoms. The molecule has 1 aromatic carbocycles. The number of halogens is 1. The van der Waals surface area contributed by atoms with Gasteiger partial charge in [0.15, 0.2) is 0 Å². The molecule has 1 aromatic rings. The molecule has 0 amide bonds. The molecule has 0 aliphatic heterocycles. The lowest BCUT2D eigenvalue weighted by Gasteiger charge is -2.27.